The van der Waals surface area contributed by atoms with Crippen molar-refractivity contribution in [2.24, 2.45) is 11.7 Å². The van der Waals surface area contributed by atoms with E-state index in [4.69, 9.17) is 10.5 Å². The lowest BCUT2D eigenvalue weighted by atomic mass is 9.91. The van der Waals surface area contributed by atoms with Gasteiger partial charge in [-0.1, -0.05) is 12.1 Å². The van der Waals surface area contributed by atoms with Gasteiger partial charge in [0.2, 0.25) is 11.8 Å². The summed E-state index contributed by atoms with van der Waals surface area (Å²) in [6.45, 7) is 1.02. The van der Waals surface area contributed by atoms with Gasteiger partial charge in [-0.3, -0.25) is 9.59 Å². The quantitative estimate of drug-likeness (QED) is 0.845. The van der Waals surface area contributed by atoms with E-state index in [1.807, 2.05) is 24.3 Å². The van der Waals surface area contributed by atoms with E-state index in [-0.39, 0.29) is 29.8 Å². The van der Waals surface area contributed by atoms with E-state index >= 15 is 0 Å². The number of likely N-dealkylation sites (tertiary alicyclic amines) is 1. The number of nitrogens with zero attached hydrogens (tertiary/aromatic N) is 1. The molecule has 1 aliphatic heterocycles. The van der Waals surface area contributed by atoms with Crippen LogP contribution in [-0.4, -0.2) is 42.5 Å². The molecule has 1 saturated heterocycles. The molecule has 1 aliphatic carbocycles. The Balaban J connectivity index is 1.51. The Hall–Kier alpha value is -2.08. The molecule has 2 amide bonds. The first-order valence-corrected chi connectivity index (χ1v) is 9.02. The summed E-state index contributed by atoms with van der Waals surface area (Å²) < 4.78 is 5.15. The number of rotatable bonds is 5. The van der Waals surface area contributed by atoms with Gasteiger partial charge in [0, 0.05) is 31.6 Å². The first-order valence-electron chi connectivity index (χ1n) is 9.02. The lowest BCUT2D eigenvalue weighted by Gasteiger charge is -2.27. The van der Waals surface area contributed by atoms with Crippen LogP contribution >= 0.6 is 0 Å². The molecule has 1 unspecified atom stereocenters. The van der Waals surface area contributed by atoms with Crippen molar-refractivity contribution in [2.45, 2.75) is 50.7 Å². The monoisotopic (exact) mass is 345 g/mol. The maximum absolute atomic E-state index is 12.5. The SMILES string of the molecule is COc1ccc(CN2CC(C(=O)NC3CCC(N)CC3)CC2=O)cc1. The van der Waals surface area contributed by atoms with Gasteiger partial charge in [-0.2, -0.15) is 0 Å². The minimum absolute atomic E-state index is 0.00560. The maximum atomic E-state index is 12.5. The Morgan fingerprint density at radius 2 is 1.92 bits per heavy atom. The van der Waals surface area contributed by atoms with E-state index in [0.717, 1.165) is 37.0 Å². The van der Waals surface area contributed by atoms with Crippen molar-refractivity contribution < 1.29 is 14.3 Å². The summed E-state index contributed by atoms with van der Waals surface area (Å²) in [5.74, 6) is 0.593. The summed E-state index contributed by atoms with van der Waals surface area (Å²) >= 11 is 0. The van der Waals surface area contributed by atoms with Gasteiger partial charge >= 0.3 is 0 Å². The third-order valence-corrected chi connectivity index (χ3v) is 5.24. The molecule has 1 heterocycles. The molecule has 3 rings (SSSR count). The fourth-order valence-electron chi connectivity index (χ4n) is 3.63. The molecule has 25 heavy (non-hydrogen) atoms. The second-order valence-electron chi connectivity index (χ2n) is 7.14. The zero-order valence-electron chi connectivity index (χ0n) is 14.7. The van der Waals surface area contributed by atoms with Gasteiger partial charge in [-0.15, -0.1) is 0 Å². The summed E-state index contributed by atoms with van der Waals surface area (Å²) in [5, 5.41) is 3.11. The number of hydrogen-bond donors (Lipinski definition) is 2. The highest BCUT2D eigenvalue weighted by molar-refractivity contribution is 5.89. The number of carbonyl (C=O) groups excluding carboxylic acids is 2. The van der Waals surface area contributed by atoms with Gasteiger partial charge < -0.3 is 20.7 Å². The fraction of sp³-hybridized carbons (Fsp3) is 0.579. The Morgan fingerprint density at radius 3 is 2.56 bits per heavy atom. The Labute approximate surface area is 148 Å². The standard InChI is InChI=1S/C19H27N3O3/c1-25-17-8-2-13(3-9-17)11-22-12-14(10-18(22)23)19(24)21-16-6-4-15(20)5-7-16/h2-3,8-9,14-16H,4-7,10-12,20H2,1H3,(H,21,24). The van der Waals surface area contributed by atoms with Gasteiger partial charge in [-0.25, -0.2) is 0 Å². The first kappa shape index (κ1) is 17.7. The lowest BCUT2D eigenvalue weighted by molar-refractivity contribution is -0.129. The van der Waals surface area contributed by atoms with Crippen LogP contribution in [0.2, 0.25) is 0 Å². The van der Waals surface area contributed by atoms with E-state index in [1.165, 1.54) is 0 Å². The molecule has 2 aliphatic rings. The van der Waals surface area contributed by atoms with Crippen molar-refractivity contribution >= 4 is 11.8 Å². The molecule has 136 valence electrons. The minimum atomic E-state index is -0.249. The smallest absolute Gasteiger partial charge is 0.225 e. The summed E-state index contributed by atoms with van der Waals surface area (Å²) in [6, 6.07) is 8.14. The molecule has 1 aromatic carbocycles. The predicted octanol–water partition coefficient (Wildman–Crippen LogP) is 1.43. The number of hydrogen-bond acceptors (Lipinski definition) is 4. The molecule has 1 atom stereocenters. The van der Waals surface area contributed by atoms with E-state index < -0.39 is 0 Å². The second-order valence-corrected chi connectivity index (χ2v) is 7.14. The van der Waals surface area contributed by atoms with Crippen LogP contribution in [0.15, 0.2) is 24.3 Å². The number of amides is 2. The zero-order valence-corrected chi connectivity index (χ0v) is 14.7. The highest BCUT2D eigenvalue weighted by Gasteiger charge is 2.35. The third kappa shape index (κ3) is 4.51. The van der Waals surface area contributed by atoms with Crippen molar-refractivity contribution in [3.05, 3.63) is 29.8 Å². The molecule has 0 aromatic heterocycles. The van der Waals surface area contributed by atoms with Crippen molar-refractivity contribution in [3.8, 4) is 5.75 Å². The number of methoxy groups -OCH3 is 1. The molecular formula is C19H27N3O3. The number of nitrogens with two attached hydrogens (primary N) is 1. The topological polar surface area (TPSA) is 84.7 Å². The Kier molecular flexibility index (Phi) is 5.58. The van der Waals surface area contributed by atoms with Crippen LogP contribution in [0.25, 0.3) is 0 Å². The predicted molar refractivity (Wildman–Crippen MR) is 94.9 cm³/mol. The molecule has 0 spiro atoms. The van der Waals surface area contributed by atoms with Gasteiger partial charge in [0.15, 0.2) is 0 Å². The lowest BCUT2D eigenvalue weighted by Crippen LogP contribution is -2.43. The van der Waals surface area contributed by atoms with Crippen LogP contribution in [0, 0.1) is 5.92 Å². The van der Waals surface area contributed by atoms with Crippen LogP contribution in [0.1, 0.15) is 37.7 Å². The van der Waals surface area contributed by atoms with Crippen LogP contribution in [-0.2, 0) is 16.1 Å². The molecule has 0 bridgehead atoms. The van der Waals surface area contributed by atoms with E-state index in [0.29, 0.717) is 19.5 Å². The molecule has 0 radical (unpaired) electrons. The van der Waals surface area contributed by atoms with E-state index in [1.54, 1.807) is 12.0 Å². The highest BCUT2D eigenvalue weighted by atomic mass is 16.5. The minimum Gasteiger partial charge on any atom is -0.497 e. The van der Waals surface area contributed by atoms with Gasteiger partial charge in [0.1, 0.15) is 5.75 Å². The van der Waals surface area contributed by atoms with Crippen LogP contribution < -0.4 is 15.8 Å². The van der Waals surface area contributed by atoms with Crippen molar-refractivity contribution in [3.63, 3.8) is 0 Å². The largest absolute Gasteiger partial charge is 0.497 e. The number of nitrogens with one attached hydrogen (secondary N) is 1. The first-order chi connectivity index (χ1) is 12.0. The summed E-state index contributed by atoms with van der Waals surface area (Å²) in [6.07, 6.45) is 4.08. The Bertz CT molecular complexity index is 609. The Morgan fingerprint density at radius 1 is 1.24 bits per heavy atom. The molecule has 1 saturated carbocycles. The van der Waals surface area contributed by atoms with Gasteiger partial charge in [-0.05, 0) is 43.4 Å². The summed E-state index contributed by atoms with van der Waals surface area (Å²) in [5.41, 5.74) is 6.94. The van der Waals surface area contributed by atoms with E-state index in [9.17, 15) is 9.59 Å². The average molecular weight is 345 g/mol. The molecular weight excluding hydrogens is 318 g/mol. The molecule has 6 nitrogen and oxygen atoms in total. The molecule has 6 heteroatoms. The number of ether oxygens (including phenoxy) is 1. The van der Waals surface area contributed by atoms with Crippen molar-refractivity contribution in [2.75, 3.05) is 13.7 Å². The van der Waals surface area contributed by atoms with Gasteiger partial charge in [0.25, 0.3) is 0 Å². The van der Waals surface area contributed by atoms with Gasteiger partial charge in [0.05, 0.1) is 13.0 Å². The van der Waals surface area contributed by atoms with Crippen LogP contribution in [0.4, 0.5) is 0 Å². The number of benzene rings is 1. The van der Waals surface area contributed by atoms with E-state index in [2.05, 4.69) is 5.32 Å². The fourth-order valence-corrected chi connectivity index (χ4v) is 3.63. The zero-order chi connectivity index (χ0) is 17.8. The average Bonchev–Trinajstić information content (AvgIpc) is 2.98. The highest BCUT2D eigenvalue weighted by Crippen LogP contribution is 2.23. The molecule has 2 fully saturated rings. The molecule has 3 N–H and O–H groups in total. The third-order valence-electron chi connectivity index (χ3n) is 5.24. The second kappa shape index (κ2) is 7.87. The maximum Gasteiger partial charge on any atom is 0.225 e. The van der Waals surface area contributed by atoms with Crippen LogP contribution in [0.5, 0.6) is 5.75 Å². The van der Waals surface area contributed by atoms with Crippen LogP contribution in [0.3, 0.4) is 0 Å². The summed E-state index contributed by atoms with van der Waals surface area (Å²) in [7, 11) is 1.63. The normalized spacial score (nSPS) is 26.6. The summed E-state index contributed by atoms with van der Waals surface area (Å²) in [4.78, 5) is 26.5. The molecule has 1 aromatic rings. The van der Waals surface area contributed by atoms with Crippen molar-refractivity contribution in [1.82, 2.24) is 10.2 Å². The van der Waals surface area contributed by atoms with Crippen molar-refractivity contribution in [1.29, 1.82) is 0 Å². The number of carbonyl (C=O) groups is 2.